The zero-order chi connectivity index (χ0) is 17.2. The van der Waals surface area contributed by atoms with Gasteiger partial charge in [-0.25, -0.2) is 4.98 Å². The highest BCUT2D eigenvalue weighted by Gasteiger charge is 2.33. The quantitative estimate of drug-likeness (QED) is 0.789. The minimum Gasteiger partial charge on any atom is -0.451 e. The van der Waals surface area contributed by atoms with Crippen LogP contribution in [0.2, 0.25) is 0 Å². The van der Waals surface area contributed by atoms with Crippen molar-refractivity contribution in [2.24, 2.45) is 0 Å². The van der Waals surface area contributed by atoms with Crippen molar-refractivity contribution in [2.75, 3.05) is 13.7 Å². The summed E-state index contributed by atoms with van der Waals surface area (Å²) in [6.07, 6.45) is 4.36. The molecular weight excluding hydrogens is 320 g/mol. The number of nitrogens with one attached hydrogen (secondary N) is 1. The van der Waals surface area contributed by atoms with Crippen LogP contribution in [0.4, 0.5) is 0 Å². The molecule has 25 heavy (non-hydrogen) atoms. The number of fused-ring (bicyclic) bond motifs is 1. The largest absolute Gasteiger partial charge is 0.451 e. The number of likely N-dealkylation sites (tertiary alicyclic amines) is 1. The minimum absolute atomic E-state index is 0.104. The number of furan rings is 1. The molecule has 0 bridgehead atoms. The molecule has 1 amide bonds. The van der Waals surface area contributed by atoms with Gasteiger partial charge in [0.15, 0.2) is 5.76 Å². The van der Waals surface area contributed by atoms with Crippen molar-refractivity contribution in [1.29, 1.82) is 0 Å². The Bertz CT molecular complexity index is 872. The number of para-hydroxylation sites is 1. The molecule has 0 spiro atoms. The highest BCUT2D eigenvalue weighted by atomic mass is 16.5. The summed E-state index contributed by atoms with van der Waals surface area (Å²) in [5.41, 5.74) is 1.50. The molecule has 130 valence electrons. The summed E-state index contributed by atoms with van der Waals surface area (Å²) in [6.45, 7) is 1.01. The van der Waals surface area contributed by atoms with E-state index < -0.39 is 0 Å². The van der Waals surface area contributed by atoms with Crippen LogP contribution in [0.3, 0.4) is 0 Å². The molecule has 1 aliphatic heterocycles. The number of rotatable bonds is 4. The highest BCUT2D eigenvalue weighted by Crippen LogP contribution is 2.33. The van der Waals surface area contributed by atoms with Crippen molar-refractivity contribution in [3.8, 4) is 0 Å². The van der Waals surface area contributed by atoms with Crippen molar-refractivity contribution in [2.45, 2.75) is 31.9 Å². The van der Waals surface area contributed by atoms with Gasteiger partial charge in [0.1, 0.15) is 17.7 Å². The summed E-state index contributed by atoms with van der Waals surface area (Å²) in [5.74, 6) is 0.955. The molecule has 3 aromatic rings. The van der Waals surface area contributed by atoms with Gasteiger partial charge in [-0.1, -0.05) is 18.2 Å². The second-order valence-electron chi connectivity index (χ2n) is 6.22. The number of carbonyl (C=O) groups is 1. The van der Waals surface area contributed by atoms with Gasteiger partial charge in [0.25, 0.3) is 5.91 Å². The van der Waals surface area contributed by atoms with Crippen molar-refractivity contribution >= 4 is 16.9 Å². The Labute approximate surface area is 145 Å². The van der Waals surface area contributed by atoms with E-state index in [4.69, 9.17) is 9.15 Å². The maximum atomic E-state index is 13.3. The number of aromatic amines is 1. The first-order chi connectivity index (χ1) is 12.3. The summed E-state index contributed by atoms with van der Waals surface area (Å²) in [4.78, 5) is 19.4. The van der Waals surface area contributed by atoms with Gasteiger partial charge in [-0.05, 0) is 25.3 Å². The van der Waals surface area contributed by atoms with Gasteiger partial charge < -0.3 is 14.1 Å². The predicted octanol–water partition coefficient (Wildman–Crippen LogP) is 3.06. The smallest absolute Gasteiger partial charge is 0.290 e. The number of H-pyrrole nitrogens is 1. The number of aromatic nitrogens is 3. The van der Waals surface area contributed by atoms with E-state index in [1.54, 1.807) is 7.11 Å². The molecule has 3 heterocycles. The molecule has 4 rings (SSSR count). The summed E-state index contributed by atoms with van der Waals surface area (Å²) in [6, 6.07) is 7.55. The molecule has 1 fully saturated rings. The molecule has 0 radical (unpaired) electrons. The minimum atomic E-state index is -0.121. The van der Waals surface area contributed by atoms with Crippen LogP contribution in [0.25, 0.3) is 11.0 Å². The lowest BCUT2D eigenvalue weighted by Gasteiger charge is -2.33. The molecule has 0 aliphatic carbocycles. The summed E-state index contributed by atoms with van der Waals surface area (Å²) in [7, 11) is 1.62. The Balaban J connectivity index is 1.74. The van der Waals surface area contributed by atoms with E-state index in [0.717, 1.165) is 36.0 Å². The van der Waals surface area contributed by atoms with Crippen LogP contribution < -0.4 is 0 Å². The Morgan fingerprint density at radius 2 is 2.28 bits per heavy atom. The normalized spacial score (nSPS) is 18.0. The van der Waals surface area contributed by atoms with Crippen molar-refractivity contribution in [3.05, 3.63) is 47.7 Å². The van der Waals surface area contributed by atoms with Gasteiger partial charge in [-0.2, -0.15) is 5.10 Å². The zero-order valence-electron chi connectivity index (χ0n) is 14.1. The molecule has 2 aromatic heterocycles. The zero-order valence-corrected chi connectivity index (χ0v) is 14.1. The molecule has 7 nitrogen and oxygen atoms in total. The van der Waals surface area contributed by atoms with Gasteiger partial charge in [0.05, 0.1) is 12.6 Å². The topological polar surface area (TPSA) is 84.2 Å². The second kappa shape index (κ2) is 6.68. The van der Waals surface area contributed by atoms with Gasteiger partial charge in [-0.15, -0.1) is 0 Å². The van der Waals surface area contributed by atoms with E-state index in [-0.39, 0.29) is 11.9 Å². The van der Waals surface area contributed by atoms with Crippen LogP contribution >= 0.6 is 0 Å². The third-order valence-electron chi connectivity index (χ3n) is 4.69. The number of nitrogens with zero attached hydrogens (tertiary/aromatic N) is 3. The number of benzene rings is 1. The van der Waals surface area contributed by atoms with E-state index in [9.17, 15) is 4.79 Å². The number of piperidine rings is 1. The standard InChI is InChI=1S/C18H20N4O3/c1-24-10-13-12-6-2-3-8-15(12)25-16(13)18(23)22-9-5-4-7-14(22)17-19-11-20-21-17/h2-3,6,8,11,14H,4-5,7,9-10H2,1H3,(H,19,20,21)/t14-/m0/s1. The van der Waals surface area contributed by atoms with Gasteiger partial charge in [-0.3, -0.25) is 9.89 Å². The lowest BCUT2D eigenvalue weighted by molar-refractivity contribution is 0.0564. The average molecular weight is 340 g/mol. The summed E-state index contributed by atoms with van der Waals surface area (Å²) >= 11 is 0. The Morgan fingerprint density at radius 3 is 3.08 bits per heavy atom. The van der Waals surface area contributed by atoms with E-state index >= 15 is 0 Å². The molecule has 0 saturated carbocycles. The lowest BCUT2D eigenvalue weighted by atomic mass is 10.0. The van der Waals surface area contributed by atoms with Crippen LogP contribution in [-0.4, -0.2) is 39.6 Å². The molecule has 1 atom stereocenters. The second-order valence-corrected chi connectivity index (χ2v) is 6.22. The maximum absolute atomic E-state index is 13.3. The number of amides is 1. The number of ether oxygens (including phenoxy) is 1. The molecule has 1 aromatic carbocycles. The Kier molecular flexibility index (Phi) is 4.23. The van der Waals surface area contributed by atoms with Crippen molar-refractivity contribution < 1.29 is 13.9 Å². The molecular formula is C18H20N4O3. The van der Waals surface area contributed by atoms with Crippen LogP contribution in [0.1, 0.15) is 47.2 Å². The van der Waals surface area contributed by atoms with Crippen LogP contribution in [0.15, 0.2) is 35.0 Å². The predicted molar refractivity (Wildman–Crippen MR) is 90.9 cm³/mol. The van der Waals surface area contributed by atoms with Crippen molar-refractivity contribution in [1.82, 2.24) is 20.1 Å². The first kappa shape index (κ1) is 15.8. The van der Waals surface area contributed by atoms with E-state index in [1.807, 2.05) is 29.2 Å². The highest BCUT2D eigenvalue weighted by molar-refractivity contribution is 5.99. The molecule has 7 heteroatoms. The van der Waals surface area contributed by atoms with Crippen LogP contribution in [-0.2, 0) is 11.3 Å². The average Bonchev–Trinajstić information content (AvgIpc) is 3.30. The number of hydrogen-bond donors (Lipinski definition) is 1. The van der Waals surface area contributed by atoms with E-state index in [1.165, 1.54) is 6.33 Å². The van der Waals surface area contributed by atoms with E-state index in [2.05, 4.69) is 15.2 Å². The molecule has 1 N–H and O–H groups in total. The fourth-order valence-corrected chi connectivity index (χ4v) is 3.52. The summed E-state index contributed by atoms with van der Waals surface area (Å²) < 4.78 is 11.2. The number of carbonyl (C=O) groups excluding carboxylic acids is 1. The summed E-state index contributed by atoms with van der Waals surface area (Å²) in [5, 5.41) is 7.74. The Hall–Kier alpha value is -2.67. The fourth-order valence-electron chi connectivity index (χ4n) is 3.52. The lowest BCUT2D eigenvalue weighted by Crippen LogP contribution is -2.39. The monoisotopic (exact) mass is 340 g/mol. The van der Waals surface area contributed by atoms with Gasteiger partial charge in [0.2, 0.25) is 0 Å². The molecule has 1 saturated heterocycles. The van der Waals surface area contributed by atoms with E-state index in [0.29, 0.717) is 24.5 Å². The van der Waals surface area contributed by atoms with Crippen molar-refractivity contribution in [3.63, 3.8) is 0 Å². The van der Waals surface area contributed by atoms with Crippen LogP contribution in [0, 0.1) is 0 Å². The first-order valence-electron chi connectivity index (χ1n) is 8.45. The molecule has 0 unspecified atom stereocenters. The first-order valence-corrected chi connectivity index (χ1v) is 8.45. The SMILES string of the molecule is COCc1c(C(=O)N2CCCC[C@H]2c2ncn[nH]2)oc2ccccc12. The van der Waals surface area contributed by atoms with Gasteiger partial charge in [0, 0.05) is 24.6 Å². The third kappa shape index (κ3) is 2.80. The maximum Gasteiger partial charge on any atom is 0.290 e. The Morgan fingerprint density at radius 1 is 1.40 bits per heavy atom. The van der Waals surface area contributed by atoms with Crippen LogP contribution in [0.5, 0.6) is 0 Å². The fraction of sp³-hybridized carbons (Fsp3) is 0.389. The molecule has 1 aliphatic rings. The van der Waals surface area contributed by atoms with Gasteiger partial charge >= 0.3 is 0 Å². The third-order valence-corrected chi connectivity index (χ3v) is 4.69. The number of hydrogen-bond acceptors (Lipinski definition) is 5. The number of methoxy groups -OCH3 is 1.